The Kier molecular flexibility index (Phi) is 4.27. The standard InChI is InChI=1S/C17H13NO2S2/c1-20-14-8-6-13(7-9-14)12-4-2-11(3-5-12)10-15-16(19)18-17(21)22-15/h2-10H,1H3,(H,18,19,21)/b15-10-. The summed E-state index contributed by atoms with van der Waals surface area (Å²) in [6.07, 6.45) is 1.84. The molecule has 5 heteroatoms. The molecule has 0 saturated carbocycles. The number of benzene rings is 2. The molecule has 3 rings (SSSR count). The minimum atomic E-state index is -0.130. The molecule has 0 bridgehead atoms. The van der Waals surface area contributed by atoms with Crippen molar-refractivity contribution >= 4 is 40.3 Å². The molecule has 1 aliphatic rings. The normalized spacial score (nSPS) is 16.0. The van der Waals surface area contributed by atoms with Gasteiger partial charge in [0.05, 0.1) is 12.0 Å². The number of thioether (sulfide) groups is 1. The maximum Gasteiger partial charge on any atom is 0.263 e. The minimum absolute atomic E-state index is 0.130. The Morgan fingerprint density at radius 2 is 1.64 bits per heavy atom. The van der Waals surface area contributed by atoms with Gasteiger partial charge in [0.25, 0.3) is 5.91 Å². The zero-order valence-electron chi connectivity index (χ0n) is 11.8. The third-order valence-electron chi connectivity index (χ3n) is 3.27. The van der Waals surface area contributed by atoms with Gasteiger partial charge >= 0.3 is 0 Å². The van der Waals surface area contributed by atoms with Crippen molar-refractivity contribution < 1.29 is 9.53 Å². The van der Waals surface area contributed by atoms with Gasteiger partial charge in [-0.05, 0) is 34.9 Å². The van der Waals surface area contributed by atoms with Crippen LogP contribution < -0.4 is 10.1 Å². The van der Waals surface area contributed by atoms with Crippen LogP contribution >= 0.6 is 24.0 Å². The Hall–Kier alpha value is -2.11. The molecule has 0 spiro atoms. The second-order valence-electron chi connectivity index (χ2n) is 4.70. The number of carbonyl (C=O) groups is 1. The van der Waals surface area contributed by atoms with E-state index in [1.165, 1.54) is 11.8 Å². The zero-order chi connectivity index (χ0) is 15.5. The highest BCUT2D eigenvalue weighted by molar-refractivity contribution is 8.26. The van der Waals surface area contributed by atoms with Gasteiger partial charge in [0, 0.05) is 0 Å². The lowest BCUT2D eigenvalue weighted by Crippen LogP contribution is -2.17. The van der Waals surface area contributed by atoms with E-state index in [0.29, 0.717) is 9.23 Å². The Balaban J connectivity index is 1.82. The van der Waals surface area contributed by atoms with Crippen molar-refractivity contribution in [3.63, 3.8) is 0 Å². The second kappa shape index (κ2) is 6.34. The van der Waals surface area contributed by atoms with Gasteiger partial charge < -0.3 is 10.1 Å². The number of thiocarbonyl (C=S) groups is 1. The van der Waals surface area contributed by atoms with Crippen molar-refractivity contribution in [2.45, 2.75) is 0 Å². The van der Waals surface area contributed by atoms with E-state index in [2.05, 4.69) is 5.32 Å². The lowest BCUT2D eigenvalue weighted by molar-refractivity contribution is -0.115. The number of methoxy groups -OCH3 is 1. The Morgan fingerprint density at radius 3 is 2.14 bits per heavy atom. The average molecular weight is 327 g/mol. The third-order valence-corrected chi connectivity index (χ3v) is 4.44. The number of nitrogens with one attached hydrogen (secondary N) is 1. The molecule has 1 heterocycles. The molecule has 1 N–H and O–H groups in total. The van der Waals surface area contributed by atoms with Crippen molar-refractivity contribution in [1.82, 2.24) is 5.32 Å². The summed E-state index contributed by atoms with van der Waals surface area (Å²) < 4.78 is 5.66. The van der Waals surface area contributed by atoms with Gasteiger partial charge in [-0.1, -0.05) is 60.4 Å². The van der Waals surface area contributed by atoms with Gasteiger partial charge in [-0.25, -0.2) is 0 Å². The predicted molar refractivity (Wildman–Crippen MR) is 94.7 cm³/mol. The summed E-state index contributed by atoms with van der Waals surface area (Å²) >= 11 is 6.27. The van der Waals surface area contributed by atoms with Crippen molar-refractivity contribution in [3.8, 4) is 16.9 Å². The largest absolute Gasteiger partial charge is 0.497 e. The maximum atomic E-state index is 11.6. The number of carbonyl (C=O) groups excluding carboxylic acids is 1. The van der Waals surface area contributed by atoms with Crippen molar-refractivity contribution in [2.24, 2.45) is 0 Å². The van der Waals surface area contributed by atoms with Crippen molar-refractivity contribution in [2.75, 3.05) is 7.11 Å². The molecule has 0 aromatic heterocycles. The SMILES string of the molecule is COc1ccc(-c2ccc(/C=C3\SC(=S)NC3=O)cc2)cc1. The van der Waals surface area contributed by atoms with Crippen LogP contribution in [0.15, 0.2) is 53.4 Å². The summed E-state index contributed by atoms with van der Waals surface area (Å²) in [7, 11) is 1.65. The van der Waals surface area contributed by atoms with Crippen LogP contribution in [-0.4, -0.2) is 17.3 Å². The molecule has 0 unspecified atom stereocenters. The molecule has 1 saturated heterocycles. The predicted octanol–water partition coefficient (Wildman–Crippen LogP) is 3.85. The van der Waals surface area contributed by atoms with Crippen LogP contribution in [0.1, 0.15) is 5.56 Å². The van der Waals surface area contributed by atoms with Gasteiger partial charge in [0.2, 0.25) is 0 Å². The monoisotopic (exact) mass is 327 g/mol. The lowest BCUT2D eigenvalue weighted by atomic mass is 10.0. The van der Waals surface area contributed by atoms with Gasteiger partial charge in [0.1, 0.15) is 10.1 Å². The highest BCUT2D eigenvalue weighted by Gasteiger charge is 2.21. The van der Waals surface area contributed by atoms with Crippen LogP contribution in [0, 0.1) is 0 Å². The highest BCUT2D eigenvalue weighted by Crippen LogP contribution is 2.27. The molecule has 0 radical (unpaired) electrons. The molecule has 1 aliphatic heterocycles. The van der Waals surface area contributed by atoms with Crippen LogP contribution in [0.3, 0.4) is 0 Å². The van der Waals surface area contributed by atoms with Gasteiger partial charge in [-0.3, -0.25) is 4.79 Å². The summed E-state index contributed by atoms with van der Waals surface area (Å²) in [5.74, 6) is 0.708. The number of rotatable bonds is 3. The first-order valence-corrected chi connectivity index (χ1v) is 7.87. The van der Waals surface area contributed by atoms with Crippen molar-refractivity contribution in [1.29, 1.82) is 0 Å². The summed E-state index contributed by atoms with van der Waals surface area (Å²) in [6.45, 7) is 0. The van der Waals surface area contributed by atoms with E-state index in [1.54, 1.807) is 7.11 Å². The fraction of sp³-hybridized carbons (Fsp3) is 0.0588. The van der Waals surface area contributed by atoms with Crippen LogP contribution in [0.5, 0.6) is 5.75 Å². The first kappa shape index (κ1) is 14.8. The van der Waals surface area contributed by atoms with E-state index >= 15 is 0 Å². The number of hydrogen-bond acceptors (Lipinski definition) is 4. The van der Waals surface area contributed by atoms with E-state index in [1.807, 2.05) is 54.6 Å². The minimum Gasteiger partial charge on any atom is -0.497 e. The molecule has 1 amide bonds. The molecule has 3 nitrogen and oxygen atoms in total. The molecule has 0 atom stereocenters. The topological polar surface area (TPSA) is 38.3 Å². The van der Waals surface area contributed by atoms with E-state index in [0.717, 1.165) is 22.4 Å². The van der Waals surface area contributed by atoms with Gasteiger partial charge in [-0.2, -0.15) is 0 Å². The van der Waals surface area contributed by atoms with E-state index in [-0.39, 0.29) is 5.91 Å². The van der Waals surface area contributed by atoms with Gasteiger partial charge in [-0.15, -0.1) is 0 Å². The van der Waals surface area contributed by atoms with E-state index in [9.17, 15) is 4.79 Å². The number of ether oxygens (including phenoxy) is 1. The average Bonchev–Trinajstić information content (AvgIpc) is 2.86. The van der Waals surface area contributed by atoms with E-state index < -0.39 is 0 Å². The smallest absolute Gasteiger partial charge is 0.263 e. The fourth-order valence-electron chi connectivity index (χ4n) is 2.13. The van der Waals surface area contributed by atoms with Crippen LogP contribution in [0.4, 0.5) is 0 Å². The molecular formula is C17H13NO2S2. The molecule has 2 aromatic carbocycles. The van der Waals surface area contributed by atoms with Gasteiger partial charge in [0.15, 0.2) is 0 Å². The first-order valence-electron chi connectivity index (χ1n) is 6.65. The Bertz CT molecular complexity index is 749. The molecule has 2 aromatic rings. The maximum absolute atomic E-state index is 11.6. The lowest BCUT2D eigenvalue weighted by Gasteiger charge is -2.04. The number of hydrogen-bond donors (Lipinski definition) is 1. The summed E-state index contributed by atoms with van der Waals surface area (Å²) in [5, 5.41) is 2.61. The first-order chi connectivity index (χ1) is 10.7. The summed E-state index contributed by atoms with van der Waals surface area (Å²) in [4.78, 5) is 12.3. The fourth-order valence-corrected chi connectivity index (χ4v) is 3.17. The summed E-state index contributed by atoms with van der Waals surface area (Å²) in [6, 6.07) is 15.9. The van der Waals surface area contributed by atoms with E-state index in [4.69, 9.17) is 17.0 Å². The van der Waals surface area contributed by atoms with Crippen LogP contribution in [0.25, 0.3) is 17.2 Å². The summed E-state index contributed by atoms with van der Waals surface area (Å²) in [5.41, 5.74) is 3.21. The molecule has 22 heavy (non-hydrogen) atoms. The Labute approximate surface area is 138 Å². The quantitative estimate of drug-likeness (QED) is 0.686. The molecular weight excluding hydrogens is 314 g/mol. The third kappa shape index (κ3) is 3.21. The molecule has 1 fully saturated rings. The highest BCUT2D eigenvalue weighted by atomic mass is 32.2. The van der Waals surface area contributed by atoms with Crippen LogP contribution in [-0.2, 0) is 4.79 Å². The molecule has 110 valence electrons. The molecule has 0 aliphatic carbocycles. The van der Waals surface area contributed by atoms with Crippen LogP contribution in [0.2, 0.25) is 0 Å². The Morgan fingerprint density at radius 1 is 1.05 bits per heavy atom. The number of amides is 1. The second-order valence-corrected chi connectivity index (χ2v) is 6.42. The van der Waals surface area contributed by atoms with Crippen molar-refractivity contribution in [3.05, 3.63) is 59.0 Å². The zero-order valence-corrected chi connectivity index (χ0v) is 13.5.